The average Bonchev–Trinajstić information content (AvgIpc) is 2.62. The van der Waals surface area contributed by atoms with Gasteiger partial charge in [-0.3, -0.25) is 0 Å². The second-order valence-corrected chi connectivity index (χ2v) is 8.17. The van der Waals surface area contributed by atoms with Crippen LogP contribution >= 0.6 is 0 Å². The molecular weight excluding hydrogens is 240 g/mol. The quantitative estimate of drug-likeness (QED) is 0.607. The predicted octanol–water partition coefficient (Wildman–Crippen LogP) is 5.18. The molecule has 0 saturated heterocycles. The Labute approximate surface area is 123 Å². The first-order chi connectivity index (χ1) is 9.88. The Bertz CT molecular complexity index is 517. The van der Waals surface area contributed by atoms with Crippen molar-refractivity contribution in [2.24, 2.45) is 29.6 Å². The Morgan fingerprint density at radius 3 is 2.15 bits per heavy atom. The summed E-state index contributed by atoms with van der Waals surface area (Å²) < 4.78 is 0. The maximum absolute atomic E-state index is 2.46. The van der Waals surface area contributed by atoms with Gasteiger partial charge < -0.3 is 0 Å². The van der Waals surface area contributed by atoms with Crippen LogP contribution in [0.25, 0.3) is 0 Å². The molecule has 106 valence electrons. The lowest BCUT2D eigenvalue weighted by atomic mass is 9.64. The SMILES string of the molecule is c1ccc2c(c1)CC1CC2C2CCC3CC1CCC3C2. The third kappa shape index (κ3) is 1.66. The molecule has 6 unspecified atom stereocenters. The topological polar surface area (TPSA) is 0 Å². The fraction of sp³-hybridized carbons (Fsp3) is 0.700. The molecule has 20 heavy (non-hydrogen) atoms. The van der Waals surface area contributed by atoms with Crippen LogP contribution in [0.3, 0.4) is 0 Å². The molecule has 0 N–H and O–H groups in total. The van der Waals surface area contributed by atoms with Crippen LogP contribution in [-0.4, -0.2) is 0 Å². The molecule has 1 aromatic carbocycles. The second kappa shape index (κ2) is 4.36. The number of fused-ring (bicyclic) bond motifs is 3. The monoisotopic (exact) mass is 266 g/mol. The fourth-order valence-corrected chi connectivity index (χ4v) is 6.46. The van der Waals surface area contributed by atoms with Crippen LogP contribution in [0.1, 0.15) is 62.0 Å². The van der Waals surface area contributed by atoms with Gasteiger partial charge in [-0.15, -0.1) is 0 Å². The van der Waals surface area contributed by atoms with Crippen LogP contribution in [0, 0.1) is 29.6 Å². The molecule has 0 heteroatoms. The van der Waals surface area contributed by atoms with Gasteiger partial charge in [0.15, 0.2) is 0 Å². The smallest absolute Gasteiger partial charge is 0.0128 e. The van der Waals surface area contributed by atoms with Gasteiger partial charge in [-0.1, -0.05) is 24.3 Å². The molecule has 0 amide bonds. The van der Waals surface area contributed by atoms with Gasteiger partial charge in [0.1, 0.15) is 0 Å². The largest absolute Gasteiger partial charge is 0.0620 e. The first-order valence-corrected chi connectivity index (χ1v) is 8.96. The fourth-order valence-electron chi connectivity index (χ4n) is 6.46. The van der Waals surface area contributed by atoms with Gasteiger partial charge in [0.2, 0.25) is 0 Å². The molecule has 5 fully saturated rings. The van der Waals surface area contributed by atoms with Crippen LogP contribution in [0.2, 0.25) is 0 Å². The van der Waals surface area contributed by atoms with E-state index in [0.717, 1.165) is 35.5 Å². The summed E-state index contributed by atoms with van der Waals surface area (Å²) in [4.78, 5) is 0. The van der Waals surface area contributed by atoms with Gasteiger partial charge in [-0.25, -0.2) is 0 Å². The predicted molar refractivity (Wildman–Crippen MR) is 82.7 cm³/mol. The van der Waals surface area contributed by atoms with E-state index in [1.165, 1.54) is 19.3 Å². The Kier molecular flexibility index (Phi) is 2.58. The van der Waals surface area contributed by atoms with Gasteiger partial charge in [0.25, 0.3) is 0 Å². The molecule has 5 saturated carbocycles. The van der Waals surface area contributed by atoms with Crippen LogP contribution in [-0.2, 0) is 6.42 Å². The van der Waals surface area contributed by atoms with Crippen LogP contribution in [0.5, 0.6) is 0 Å². The zero-order valence-electron chi connectivity index (χ0n) is 12.4. The van der Waals surface area contributed by atoms with Gasteiger partial charge in [0, 0.05) is 0 Å². The van der Waals surface area contributed by atoms with E-state index in [4.69, 9.17) is 0 Å². The summed E-state index contributed by atoms with van der Waals surface area (Å²) in [5, 5.41) is 0. The second-order valence-electron chi connectivity index (χ2n) is 8.17. The zero-order chi connectivity index (χ0) is 13.1. The number of hydrogen-bond donors (Lipinski definition) is 0. The lowest BCUT2D eigenvalue weighted by Gasteiger charge is -2.41. The van der Waals surface area contributed by atoms with E-state index in [0.29, 0.717) is 0 Å². The lowest BCUT2D eigenvalue weighted by Crippen LogP contribution is -2.31. The summed E-state index contributed by atoms with van der Waals surface area (Å²) in [6, 6.07) is 9.45. The van der Waals surface area contributed by atoms with Crippen molar-refractivity contribution in [2.75, 3.05) is 0 Å². The van der Waals surface area contributed by atoms with Crippen molar-refractivity contribution in [3.8, 4) is 0 Å². The van der Waals surface area contributed by atoms with Gasteiger partial charge in [-0.05, 0) is 98.0 Å². The highest BCUT2D eigenvalue weighted by Crippen LogP contribution is 2.56. The first-order valence-electron chi connectivity index (χ1n) is 8.96. The van der Waals surface area contributed by atoms with Crippen molar-refractivity contribution in [3.63, 3.8) is 0 Å². The maximum Gasteiger partial charge on any atom is -0.0128 e. The van der Waals surface area contributed by atoms with Crippen molar-refractivity contribution < 1.29 is 0 Å². The van der Waals surface area contributed by atoms with E-state index in [2.05, 4.69) is 24.3 Å². The third-order valence-electron chi connectivity index (χ3n) is 7.42. The highest BCUT2D eigenvalue weighted by molar-refractivity contribution is 5.34. The van der Waals surface area contributed by atoms with Crippen LogP contribution in [0.15, 0.2) is 24.3 Å². The van der Waals surface area contributed by atoms with Gasteiger partial charge in [0.05, 0.1) is 0 Å². The van der Waals surface area contributed by atoms with E-state index >= 15 is 0 Å². The Balaban J connectivity index is 1.63. The van der Waals surface area contributed by atoms with Crippen molar-refractivity contribution in [3.05, 3.63) is 35.4 Å². The number of benzene rings is 1. The third-order valence-corrected chi connectivity index (χ3v) is 7.42. The summed E-state index contributed by atoms with van der Waals surface area (Å²) in [5.41, 5.74) is 3.45. The summed E-state index contributed by atoms with van der Waals surface area (Å²) in [6.07, 6.45) is 12.2. The molecule has 6 aliphatic carbocycles. The summed E-state index contributed by atoms with van der Waals surface area (Å²) in [6.45, 7) is 0. The van der Waals surface area contributed by atoms with Crippen LogP contribution in [0.4, 0.5) is 0 Å². The van der Waals surface area contributed by atoms with Crippen LogP contribution < -0.4 is 0 Å². The number of hydrogen-bond acceptors (Lipinski definition) is 0. The molecule has 1 aromatic rings. The lowest BCUT2D eigenvalue weighted by molar-refractivity contribution is 0.0954. The minimum Gasteiger partial charge on any atom is -0.0620 e. The number of rotatable bonds is 0. The molecule has 6 bridgehead atoms. The van der Waals surface area contributed by atoms with E-state index in [1.54, 1.807) is 43.2 Å². The molecular formula is C20H26. The van der Waals surface area contributed by atoms with Gasteiger partial charge >= 0.3 is 0 Å². The average molecular weight is 266 g/mol. The normalized spacial score (nSPS) is 45.4. The molecule has 0 nitrogen and oxygen atoms in total. The van der Waals surface area contributed by atoms with Crippen molar-refractivity contribution in [1.29, 1.82) is 0 Å². The van der Waals surface area contributed by atoms with E-state index in [9.17, 15) is 0 Å². The van der Waals surface area contributed by atoms with Gasteiger partial charge in [-0.2, -0.15) is 0 Å². The minimum atomic E-state index is 0.909. The molecule has 0 aliphatic heterocycles. The minimum absolute atomic E-state index is 0.909. The van der Waals surface area contributed by atoms with E-state index < -0.39 is 0 Å². The van der Waals surface area contributed by atoms with E-state index in [-0.39, 0.29) is 0 Å². The first kappa shape index (κ1) is 11.8. The molecule has 0 spiro atoms. The Hall–Kier alpha value is -0.780. The highest BCUT2D eigenvalue weighted by atomic mass is 14.5. The van der Waals surface area contributed by atoms with Crippen molar-refractivity contribution >= 4 is 0 Å². The highest BCUT2D eigenvalue weighted by Gasteiger charge is 2.45. The molecule has 0 radical (unpaired) electrons. The zero-order valence-corrected chi connectivity index (χ0v) is 12.4. The molecule has 6 aliphatic rings. The summed E-state index contributed by atoms with van der Waals surface area (Å²) >= 11 is 0. The summed E-state index contributed by atoms with van der Waals surface area (Å²) in [5.74, 6) is 6.19. The van der Waals surface area contributed by atoms with Crippen molar-refractivity contribution in [1.82, 2.24) is 0 Å². The molecule has 0 aromatic heterocycles. The summed E-state index contributed by atoms with van der Waals surface area (Å²) in [7, 11) is 0. The van der Waals surface area contributed by atoms with E-state index in [1.807, 2.05) is 0 Å². The Morgan fingerprint density at radius 1 is 0.650 bits per heavy atom. The standard InChI is InChI=1S/C20H26/c1-2-4-19-16(3-1)11-18-12-20(19)17-8-7-13-9-15(18)6-5-14(13)10-17/h1-4,13-15,17-18,20H,5-12H2. The molecule has 6 atom stereocenters. The molecule has 0 heterocycles. The van der Waals surface area contributed by atoms with Crippen molar-refractivity contribution in [2.45, 2.75) is 57.3 Å². The maximum atomic E-state index is 2.46. The Morgan fingerprint density at radius 2 is 1.30 bits per heavy atom. The molecule has 7 rings (SSSR count).